The highest BCUT2D eigenvalue weighted by Crippen LogP contribution is 2.21. The van der Waals surface area contributed by atoms with Gasteiger partial charge in [0.25, 0.3) is 0 Å². The van der Waals surface area contributed by atoms with Crippen molar-refractivity contribution in [3.05, 3.63) is 35.9 Å². The monoisotopic (exact) mass is 459 g/mol. The van der Waals surface area contributed by atoms with Crippen LogP contribution in [0.2, 0.25) is 0 Å². The van der Waals surface area contributed by atoms with Crippen molar-refractivity contribution < 1.29 is 4.74 Å². The number of rotatable bonds is 8. The summed E-state index contributed by atoms with van der Waals surface area (Å²) in [4.78, 5) is 6.87. The van der Waals surface area contributed by atoms with E-state index in [0.29, 0.717) is 0 Å². The Balaban J connectivity index is 0.00000312. The largest absolute Gasteiger partial charge is 0.385 e. The number of likely N-dealkylation sites (tertiary alicyclic amines) is 1. The third kappa shape index (κ3) is 8.40. The van der Waals surface area contributed by atoms with Crippen molar-refractivity contribution in [2.75, 3.05) is 40.4 Å². The van der Waals surface area contributed by atoms with E-state index in [4.69, 9.17) is 4.74 Å². The minimum absolute atomic E-state index is 0. The lowest BCUT2D eigenvalue weighted by Crippen LogP contribution is -2.46. The first-order valence-electron chi connectivity index (χ1n) is 9.32. The van der Waals surface area contributed by atoms with Gasteiger partial charge < -0.3 is 15.0 Å². The van der Waals surface area contributed by atoms with Gasteiger partial charge in [0, 0.05) is 40.4 Å². The molecule has 1 saturated heterocycles. The molecule has 0 bridgehead atoms. The number of benzene rings is 1. The number of piperidine rings is 1. The topological polar surface area (TPSA) is 36.9 Å². The van der Waals surface area contributed by atoms with E-state index in [2.05, 4.69) is 45.5 Å². The average molecular weight is 459 g/mol. The maximum atomic E-state index is 5.09. The molecule has 2 rings (SSSR count). The molecule has 0 saturated carbocycles. The molecule has 0 aliphatic carbocycles. The van der Waals surface area contributed by atoms with Gasteiger partial charge in [-0.2, -0.15) is 0 Å². The van der Waals surface area contributed by atoms with Gasteiger partial charge in [0.05, 0.1) is 0 Å². The van der Waals surface area contributed by atoms with E-state index < -0.39 is 0 Å². The molecule has 25 heavy (non-hydrogen) atoms. The number of aliphatic imine (C=N–C) groups is 1. The van der Waals surface area contributed by atoms with Crippen molar-refractivity contribution in [3.8, 4) is 0 Å². The fourth-order valence-corrected chi connectivity index (χ4v) is 3.38. The van der Waals surface area contributed by atoms with Crippen molar-refractivity contribution in [2.24, 2.45) is 10.9 Å². The van der Waals surface area contributed by atoms with Crippen LogP contribution in [0.5, 0.6) is 0 Å². The predicted octanol–water partition coefficient (Wildman–Crippen LogP) is 3.95. The molecule has 0 atom stereocenters. The van der Waals surface area contributed by atoms with Crippen LogP contribution in [0.15, 0.2) is 35.3 Å². The molecule has 0 unspecified atom stereocenters. The second-order valence-electron chi connectivity index (χ2n) is 6.65. The summed E-state index contributed by atoms with van der Waals surface area (Å²) in [7, 11) is 3.66. The van der Waals surface area contributed by atoms with Gasteiger partial charge in [-0.25, -0.2) is 0 Å². The van der Waals surface area contributed by atoms with Crippen molar-refractivity contribution in [1.29, 1.82) is 0 Å². The summed E-state index contributed by atoms with van der Waals surface area (Å²) < 4.78 is 5.09. The molecule has 1 aliphatic rings. The Labute approximate surface area is 170 Å². The highest BCUT2D eigenvalue weighted by atomic mass is 127. The Morgan fingerprint density at radius 2 is 1.88 bits per heavy atom. The summed E-state index contributed by atoms with van der Waals surface area (Å²) in [6, 6.07) is 10.9. The molecule has 0 radical (unpaired) electrons. The zero-order chi connectivity index (χ0) is 17.0. The van der Waals surface area contributed by atoms with E-state index in [1.165, 1.54) is 37.7 Å². The lowest BCUT2D eigenvalue weighted by Gasteiger charge is -2.34. The van der Waals surface area contributed by atoms with Crippen LogP contribution in [0.3, 0.4) is 0 Å². The lowest BCUT2D eigenvalue weighted by atomic mass is 9.90. The molecule has 5 heteroatoms. The van der Waals surface area contributed by atoms with Crippen LogP contribution in [0.1, 0.15) is 37.7 Å². The van der Waals surface area contributed by atoms with Gasteiger partial charge in [0.15, 0.2) is 5.96 Å². The third-order valence-electron chi connectivity index (χ3n) is 4.80. The maximum absolute atomic E-state index is 5.09. The van der Waals surface area contributed by atoms with Crippen LogP contribution >= 0.6 is 24.0 Å². The fourth-order valence-electron chi connectivity index (χ4n) is 3.38. The summed E-state index contributed by atoms with van der Waals surface area (Å²) in [6.45, 7) is 4.09. The first-order valence-corrected chi connectivity index (χ1v) is 9.32. The van der Waals surface area contributed by atoms with E-state index in [0.717, 1.165) is 44.5 Å². The van der Waals surface area contributed by atoms with Crippen LogP contribution in [-0.2, 0) is 11.2 Å². The van der Waals surface area contributed by atoms with Gasteiger partial charge in [-0.15, -0.1) is 24.0 Å². The summed E-state index contributed by atoms with van der Waals surface area (Å²) >= 11 is 0. The second kappa shape index (κ2) is 13.4. The van der Waals surface area contributed by atoms with Crippen molar-refractivity contribution >= 4 is 29.9 Å². The summed E-state index contributed by atoms with van der Waals surface area (Å²) in [6.07, 6.45) is 7.23. The fraction of sp³-hybridized carbons (Fsp3) is 0.650. The maximum Gasteiger partial charge on any atom is 0.193 e. The zero-order valence-corrected chi connectivity index (χ0v) is 18.1. The standard InChI is InChI=1S/C20H33N3O.HI/c1-21-20(22-13-7-4-8-16-24-2)23-14-11-19(12-15-23)17-18-9-5-3-6-10-18;/h3,5-6,9-10,19H,4,7-8,11-17H2,1-2H3,(H,21,22);1H. The van der Waals surface area contributed by atoms with Crippen LogP contribution in [0.25, 0.3) is 0 Å². The normalized spacial score (nSPS) is 15.8. The smallest absolute Gasteiger partial charge is 0.193 e. The molecular weight excluding hydrogens is 425 g/mol. The molecule has 0 amide bonds. The van der Waals surface area contributed by atoms with Gasteiger partial charge in [0.1, 0.15) is 0 Å². The number of unbranched alkanes of at least 4 members (excludes halogenated alkanes) is 2. The third-order valence-corrected chi connectivity index (χ3v) is 4.80. The molecule has 142 valence electrons. The molecule has 0 spiro atoms. The van der Waals surface area contributed by atoms with Crippen LogP contribution in [-0.4, -0.2) is 51.3 Å². The lowest BCUT2D eigenvalue weighted by molar-refractivity contribution is 0.192. The van der Waals surface area contributed by atoms with E-state index in [9.17, 15) is 0 Å². The predicted molar refractivity (Wildman–Crippen MR) is 117 cm³/mol. The molecular formula is C20H34IN3O. The van der Waals surface area contributed by atoms with Gasteiger partial charge in [-0.05, 0) is 50.0 Å². The Kier molecular flexibility index (Phi) is 11.9. The van der Waals surface area contributed by atoms with E-state index in [-0.39, 0.29) is 24.0 Å². The number of hydrogen-bond donors (Lipinski definition) is 1. The summed E-state index contributed by atoms with van der Waals surface area (Å²) in [5, 5.41) is 3.52. The van der Waals surface area contributed by atoms with Crippen LogP contribution in [0, 0.1) is 5.92 Å². The first-order chi connectivity index (χ1) is 11.8. The van der Waals surface area contributed by atoms with Gasteiger partial charge >= 0.3 is 0 Å². The highest BCUT2D eigenvalue weighted by Gasteiger charge is 2.21. The number of hydrogen-bond acceptors (Lipinski definition) is 2. The number of nitrogens with zero attached hydrogens (tertiary/aromatic N) is 2. The number of halogens is 1. The molecule has 1 aliphatic heterocycles. The average Bonchev–Trinajstić information content (AvgIpc) is 2.63. The van der Waals surface area contributed by atoms with Gasteiger partial charge in [0.2, 0.25) is 0 Å². The minimum Gasteiger partial charge on any atom is -0.385 e. The Morgan fingerprint density at radius 3 is 2.52 bits per heavy atom. The van der Waals surface area contributed by atoms with E-state index in [1.807, 2.05) is 7.05 Å². The van der Waals surface area contributed by atoms with Crippen LogP contribution < -0.4 is 5.32 Å². The summed E-state index contributed by atoms with van der Waals surface area (Å²) in [5.41, 5.74) is 1.47. The Bertz CT molecular complexity index is 473. The molecule has 1 aromatic rings. The van der Waals surface area contributed by atoms with Gasteiger partial charge in [-0.1, -0.05) is 30.3 Å². The first kappa shape index (κ1) is 22.2. The Morgan fingerprint density at radius 1 is 1.16 bits per heavy atom. The molecule has 4 nitrogen and oxygen atoms in total. The SMILES string of the molecule is CN=C(NCCCCCOC)N1CCC(Cc2ccccc2)CC1.I. The molecule has 1 heterocycles. The molecule has 1 aromatic carbocycles. The zero-order valence-electron chi connectivity index (χ0n) is 15.7. The number of nitrogens with one attached hydrogen (secondary N) is 1. The highest BCUT2D eigenvalue weighted by molar-refractivity contribution is 14.0. The van der Waals surface area contributed by atoms with Crippen molar-refractivity contribution in [3.63, 3.8) is 0 Å². The Hall–Kier alpha value is -0.820. The minimum atomic E-state index is 0. The van der Waals surface area contributed by atoms with E-state index in [1.54, 1.807) is 7.11 Å². The van der Waals surface area contributed by atoms with Gasteiger partial charge in [-0.3, -0.25) is 4.99 Å². The quantitative estimate of drug-likeness (QED) is 0.277. The number of ether oxygens (including phenoxy) is 1. The van der Waals surface area contributed by atoms with E-state index >= 15 is 0 Å². The molecule has 0 aromatic heterocycles. The second-order valence-corrected chi connectivity index (χ2v) is 6.65. The number of guanidine groups is 1. The van der Waals surface area contributed by atoms with Crippen LogP contribution in [0.4, 0.5) is 0 Å². The molecule has 1 N–H and O–H groups in total. The van der Waals surface area contributed by atoms with Crippen molar-refractivity contribution in [2.45, 2.75) is 38.5 Å². The molecule has 1 fully saturated rings. The summed E-state index contributed by atoms with van der Waals surface area (Å²) in [5.74, 6) is 1.87. The number of methoxy groups -OCH3 is 1. The van der Waals surface area contributed by atoms with Crippen molar-refractivity contribution in [1.82, 2.24) is 10.2 Å².